The van der Waals surface area contributed by atoms with Crippen LogP contribution in [0.3, 0.4) is 0 Å². The number of carbonyl (C=O) groups is 3. The number of halogens is 2. The summed E-state index contributed by atoms with van der Waals surface area (Å²) >= 11 is 5.80. The predicted molar refractivity (Wildman–Crippen MR) is 128 cm³/mol. The Bertz CT molecular complexity index is 1120. The summed E-state index contributed by atoms with van der Waals surface area (Å²) in [5, 5.41) is 5.38. The monoisotopic (exact) mass is 492 g/mol. The van der Waals surface area contributed by atoms with Gasteiger partial charge < -0.3 is 19.9 Å². The SMILES string of the molecule is Cc1c(C(=O)Nc2ccc(F)c(Cl)c2)c(C)n(C)c1C(=O)C(=O)NC(C)(C)CN1CCOCC1. The molecule has 34 heavy (non-hydrogen) atoms. The molecule has 2 amide bonds. The van der Waals surface area contributed by atoms with Gasteiger partial charge in [0.1, 0.15) is 5.82 Å². The van der Waals surface area contributed by atoms with Crippen molar-refractivity contribution in [3.63, 3.8) is 0 Å². The van der Waals surface area contributed by atoms with Crippen LogP contribution >= 0.6 is 11.6 Å². The molecule has 184 valence electrons. The van der Waals surface area contributed by atoms with Gasteiger partial charge in [0.15, 0.2) is 0 Å². The summed E-state index contributed by atoms with van der Waals surface area (Å²) in [4.78, 5) is 41.2. The fourth-order valence-corrected chi connectivity index (χ4v) is 4.41. The minimum atomic E-state index is -0.737. The lowest BCUT2D eigenvalue weighted by molar-refractivity contribution is -0.118. The first kappa shape index (κ1) is 25.9. The zero-order valence-electron chi connectivity index (χ0n) is 20.1. The quantitative estimate of drug-likeness (QED) is 0.457. The average Bonchev–Trinajstić information content (AvgIpc) is 2.98. The standard InChI is InChI=1S/C24H30ClFN4O4/c1-14-19(22(32)27-16-6-7-18(26)17(25)12-16)15(2)29(5)20(14)21(31)23(33)28-24(3,4)13-30-8-10-34-11-9-30/h6-7,12H,8-11,13H2,1-5H3,(H,27,32)(H,28,33). The van der Waals surface area contributed by atoms with Crippen LogP contribution in [0.1, 0.15) is 46.0 Å². The second-order valence-electron chi connectivity index (χ2n) is 9.13. The summed E-state index contributed by atoms with van der Waals surface area (Å²) in [5.41, 5.74) is 0.990. The highest BCUT2D eigenvalue weighted by Crippen LogP contribution is 2.25. The Balaban J connectivity index is 1.78. The van der Waals surface area contributed by atoms with E-state index in [1.54, 1.807) is 25.5 Å². The van der Waals surface area contributed by atoms with E-state index in [1.807, 2.05) is 13.8 Å². The second kappa shape index (κ2) is 10.2. The molecule has 10 heteroatoms. The molecule has 0 radical (unpaired) electrons. The molecule has 1 aromatic carbocycles. The topological polar surface area (TPSA) is 92.7 Å². The first-order valence-electron chi connectivity index (χ1n) is 11.0. The molecule has 0 atom stereocenters. The normalized spacial score (nSPS) is 14.7. The van der Waals surface area contributed by atoms with E-state index in [-0.39, 0.29) is 16.3 Å². The van der Waals surface area contributed by atoms with Gasteiger partial charge in [-0.2, -0.15) is 0 Å². The zero-order chi connectivity index (χ0) is 25.2. The van der Waals surface area contributed by atoms with E-state index in [1.165, 1.54) is 12.1 Å². The molecule has 0 saturated carbocycles. The lowest BCUT2D eigenvalue weighted by Crippen LogP contribution is -2.55. The van der Waals surface area contributed by atoms with Crippen LogP contribution < -0.4 is 10.6 Å². The van der Waals surface area contributed by atoms with Crippen molar-refractivity contribution in [3.8, 4) is 0 Å². The number of ketones is 1. The second-order valence-corrected chi connectivity index (χ2v) is 9.54. The third-order valence-electron chi connectivity index (χ3n) is 5.93. The molecule has 1 aromatic heterocycles. The molecule has 0 bridgehead atoms. The Morgan fingerprint density at radius 1 is 1.18 bits per heavy atom. The minimum absolute atomic E-state index is 0.119. The van der Waals surface area contributed by atoms with E-state index in [2.05, 4.69) is 15.5 Å². The van der Waals surface area contributed by atoms with Crippen molar-refractivity contribution >= 4 is 34.9 Å². The largest absolute Gasteiger partial charge is 0.379 e. The Labute approximate surface area is 203 Å². The molecule has 3 rings (SSSR count). The number of anilines is 1. The van der Waals surface area contributed by atoms with Gasteiger partial charge in [-0.3, -0.25) is 19.3 Å². The maximum atomic E-state index is 13.4. The van der Waals surface area contributed by atoms with Gasteiger partial charge in [0, 0.05) is 43.6 Å². The lowest BCUT2D eigenvalue weighted by atomic mass is 10.0. The summed E-state index contributed by atoms with van der Waals surface area (Å²) in [5.74, 6) is -2.54. The van der Waals surface area contributed by atoms with E-state index < -0.39 is 29.0 Å². The summed E-state index contributed by atoms with van der Waals surface area (Å²) < 4.78 is 20.3. The molecular formula is C24H30ClFN4O4. The molecule has 1 saturated heterocycles. The third kappa shape index (κ3) is 5.65. The van der Waals surface area contributed by atoms with Crippen molar-refractivity contribution < 1.29 is 23.5 Å². The zero-order valence-corrected chi connectivity index (χ0v) is 20.8. The highest BCUT2D eigenvalue weighted by atomic mass is 35.5. The van der Waals surface area contributed by atoms with E-state index >= 15 is 0 Å². The van der Waals surface area contributed by atoms with E-state index in [0.29, 0.717) is 36.7 Å². The number of rotatable bonds is 7. The first-order valence-corrected chi connectivity index (χ1v) is 11.4. The van der Waals surface area contributed by atoms with Crippen molar-refractivity contribution in [2.24, 2.45) is 7.05 Å². The number of hydrogen-bond acceptors (Lipinski definition) is 5. The number of carbonyl (C=O) groups excluding carboxylic acids is 3. The Morgan fingerprint density at radius 3 is 2.44 bits per heavy atom. The number of benzene rings is 1. The molecule has 1 aliphatic heterocycles. The summed E-state index contributed by atoms with van der Waals surface area (Å²) in [6.45, 7) is 10.4. The van der Waals surface area contributed by atoms with E-state index in [4.69, 9.17) is 16.3 Å². The summed E-state index contributed by atoms with van der Waals surface area (Å²) in [6.07, 6.45) is 0. The fraction of sp³-hybridized carbons (Fsp3) is 0.458. The number of nitrogens with one attached hydrogen (secondary N) is 2. The molecule has 1 fully saturated rings. The van der Waals surface area contributed by atoms with Gasteiger partial charge in [-0.1, -0.05) is 11.6 Å². The first-order chi connectivity index (χ1) is 15.9. The van der Waals surface area contributed by atoms with Crippen LogP contribution in [0, 0.1) is 19.7 Å². The molecule has 0 spiro atoms. The molecule has 8 nitrogen and oxygen atoms in total. The van der Waals surface area contributed by atoms with Crippen LogP contribution in [-0.4, -0.2) is 65.5 Å². The number of hydrogen-bond donors (Lipinski definition) is 2. The van der Waals surface area contributed by atoms with Crippen molar-refractivity contribution in [1.82, 2.24) is 14.8 Å². The van der Waals surface area contributed by atoms with Crippen molar-refractivity contribution in [3.05, 3.63) is 51.6 Å². The molecular weight excluding hydrogens is 463 g/mol. The Kier molecular flexibility index (Phi) is 7.80. The number of Topliss-reactive ketones (excluding diaryl/α,β-unsaturated/α-hetero) is 1. The summed E-state index contributed by atoms with van der Waals surface area (Å²) in [6, 6.07) is 3.85. The van der Waals surface area contributed by atoms with E-state index in [9.17, 15) is 18.8 Å². The average molecular weight is 493 g/mol. The van der Waals surface area contributed by atoms with Crippen LogP contribution in [0.25, 0.3) is 0 Å². The lowest BCUT2D eigenvalue weighted by Gasteiger charge is -2.35. The maximum Gasteiger partial charge on any atom is 0.294 e. The van der Waals surface area contributed by atoms with Crippen molar-refractivity contribution in [2.75, 3.05) is 38.2 Å². The van der Waals surface area contributed by atoms with Gasteiger partial charge in [0.05, 0.1) is 29.5 Å². The highest BCUT2D eigenvalue weighted by molar-refractivity contribution is 6.43. The smallest absolute Gasteiger partial charge is 0.294 e. The van der Waals surface area contributed by atoms with Gasteiger partial charge in [-0.15, -0.1) is 0 Å². The number of morpholine rings is 1. The number of nitrogens with zero attached hydrogens (tertiary/aromatic N) is 2. The van der Waals surface area contributed by atoms with Gasteiger partial charge in [-0.05, 0) is 51.5 Å². The van der Waals surface area contributed by atoms with Crippen LogP contribution in [0.5, 0.6) is 0 Å². The number of aromatic nitrogens is 1. The third-order valence-corrected chi connectivity index (χ3v) is 6.22. The van der Waals surface area contributed by atoms with Crippen molar-refractivity contribution in [2.45, 2.75) is 33.2 Å². The van der Waals surface area contributed by atoms with Crippen molar-refractivity contribution in [1.29, 1.82) is 0 Å². The Hall–Kier alpha value is -2.75. The predicted octanol–water partition coefficient (Wildman–Crippen LogP) is 3.10. The van der Waals surface area contributed by atoms with Crippen LogP contribution in [-0.2, 0) is 16.6 Å². The van der Waals surface area contributed by atoms with Gasteiger partial charge in [0.25, 0.3) is 17.6 Å². The summed E-state index contributed by atoms with van der Waals surface area (Å²) in [7, 11) is 1.63. The molecule has 2 N–H and O–H groups in total. The highest BCUT2D eigenvalue weighted by Gasteiger charge is 2.32. The van der Waals surface area contributed by atoms with Gasteiger partial charge in [0.2, 0.25) is 0 Å². The van der Waals surface area contributed by atoms with Crippen LogP contribution in [0.2, 0.25) is 5.02 Å². The molecule has 2 heterocycles. The van der Waals surface area contributed by atoms with E-state index in [0.717, 1.165) is 19.2 Å². The number of ether oxygens (including phenoxy) is 1. The molecule has 0 unspecified atom stereocenters. The number of amides is 2. The molecule has 0 aliphatic carbocycles. The van der Waals surface area contributed by atoms with Crippen LogP contribution in [0.15, 0.2) is 18.2 Å². The minimum Gasteiger partial charge on any atom is -0.379 e. The Morgan fingerprint density at radius 2 is 1.82 bits per heavy atom. The van der Waals surface area contributed by atoms with Crippen LogP contribution in [0.4, 0.5) is 10.1 Å². The maximum absolute atomic E-state index is 13.4. The van der Waals surface area contributed by atoms with Gasteiger partial charge in [-0.25, -0.2) is 4.39 Å². The fourth-order valence-electron chi connectivity index (χ4n) is 4.23. The molecule has 1 aliphatic rings. The molecule has 2 aromatic rings. The van der Waals surface area contributed by atoms with Gasteiger partial charge >= 0.3 is 0 Å².